The van der Waals surface area contributed by atoms with Gasteiger partial charge in [-0.15, -0.1) is 0 Å². The Morgan fingerprint density at radius 2 is 2.11 bits per heavy atom. The van der Waals surface area contributed by atoms with Crippen LogP contribution in [0.2, 0.25) is 5.02 Å². The van der Waals surface area contributed by atoms with Crippen LogP contribution in [0.3, 0.4) is 0 Å². The Morgan fingerprint density at radius 1 is 1.42 bits per heavy atom. The van der Waals surface area contributed by atoms with Crippen LogP contribution >= 0.6 is 11.6 Å². The maximum Gasteiger partial charge on any atom is 0.255 e. The van der Waals surface area contributed by atoms with Crippen LogP contribution in [-0.4, -0.2) is 35.1 Å². The summed E-state index contributed by atoms with van der Waals surface area (Å²) >= 11 is 5.82. The van der Waals surface area contributed by atoms with Crippen molar-refractivity contribution in [1.29, 1.82) is 0 Å². The lowest BCUT2D eigenvalue weighted by Crippen LogP contribution is -2.46. The summed E-state index contributed by atoms with van der Waals surface area (Å²) in [6.07, 6.45) is 2.89. The van der Waals surface area contributed by atoms with Gasteiger partial charge in [-0.3, -0.25) is 4.79 Å². The quantitative estimate of drug-likeness (QED) is 0.908. The van der Waals surface area contributed by atoms with E-state index in [2.05, 4.69) is 0 Å². The summed E-state index contributed by atoms with van der Waals surface area (Å²) in [5.41, 5.74) is 0.141. The molecular formula is C14H17ClFNO2. The summed E-state index contributed by atoms with van der Waals surface area (Å²) < 4.78 is 13.4. The number of carbonyl (C=O) groups excluding carboxylic acids is 1. The van der Waals surface area contributed by atoms with Crippen LogP contribution in [-0.2, 0) is 0 Å². The Labute approximate surface area is 117 Å². The van der Waals surface area contributed by atoms with Crippen LogP contribution in [0.4, 0.5) is 4.39 Å². The molecule has 1 aromatic rings. The molecule has 0 bridgehead atoms. The fourth-order valence-electron chi connectivity index (χ4n) is 2.55. The maximum atomic E-state index is 13.4. The van der Waals surface area contributed by atoms with Crippen molar-refractivity contribution in [2.24, 2.45) is 0 Å². The summed E-state index contributed by atoms with van der Waals surface area (Å²) in [6, 6.07) is 3.95. The van der Waals surface area contributed by atoms with Crippen molar-refractivity contribution in [3.8, 4) is 0 Å². The zero-order chi connectivity index (χ0) is 14.0. The molecule has 0 saturated heterocycles. The van der Waals surface area contributed by atoms with E-state index in [0.29, 0.717) is 6.42 Å². The van der Waals surface area contributed by atoms with Crippen LogP contribution in [0.5, 0.6) is 0 Å². The fraction of sp³-hybridized carbons (Fsp3) is 0.500. The van der Waals surface area contributed by atoms with Gasteiger partial charge < -0.3 is 10.0 Å². The van der Waals surface area contributed by atoms with E-state index in [0.717, 1.165) is 19.3 Å². The first kappa shape index (κ1) is 14.3. The SMILES string of the molecule is CN(C(=O)c1cccc(F)c1Cl)C1CCCCC1O. The Hall–Kier alpha value is -1.13. The highest BCUT2D eigenvalue weighted by molar-refractivity contribution is 6.34. The largest absolute Gasteiger partial charge is 0.391 e. The summed E-state index contributed by atoms with van der Waals surface area (Å²) in [5.74, 6) is -0.958. The van der Waals surface area contributed by atoms with Gasteiger partial charge in [0.2, 0.25) is 0 Å². The number of aliphatic hydroxyl groups is 1. The molecule has 1 N–H and O–H groups in total. The van der Waals surface area contributed by atoms with Crippen molar-refractivity contribution in [3.05, 3.63) is 34.6 Å². The van der Waals surface area contributed by atoms with Gasteiger partial charge in [-0.25, -0.2) is 4.39 Å². The first-order valence-electron chi connectivity index (χ1n) is 6.41. The second-order valence-electron chi connectivity index (χ2n) is 4.94. The van der Waals surface area contributed by atoms with Crippen molar-refractivity contribution in [3.63, 3.8) is 0 Å². The van der Waals surface area contributed by atoms with Gasteiger partial charge in [0, 0.05) is 7.05 Å². The predicted octanol–water partition coefficient (Wildman–Crippen LogP) is 2.85. The number of likely N-dealkylation sites (N-methyl/N-ethyl adjacent to an activating group) is 1. The van der Waals surface area contributed by atoms with Crippen molar-refractivity contribution in [1.82, 2.24) is 4.90 Å². The van der Waals surface area contributed by atoms with Crippen molar-refractivity contribution in [2.75, 3.05) is 7.05 Å². The molecule has 104 valence electrons. The van der Waals surface area contributed by atoms with Crippen molar-refractivity contribution < 1.29 is 14.3 Å². The third-order valence-electron chi connectivity index (χ3n) is 3.69. The predicted molar refractivity (Wildman–Crippen MR) is 71.8 cm³/mol. The molecule has 1 fully saturated rings. The number of benzene rings is 1. The fourth-order valence-corrected chi connectivity index (χ4v) is 2.76. The summed E-state index contributed by atoms with van der Waals surface area (Å²) in [5, 5.41) is 9.80. The number of hydrogen-bond acceptors (Lipinski definition) is 2. The first-order chi connectivity index (χ1) is 9.02. The van der Waals surface area contributed by atoms with Crippen LogP contribution < -0.4 is 0 Å². The van der Waals surface area contributed by atoms with E-state index in [1.54, 1.807) is 7.05 Å². The average molecular weight is 286 g/mol. The maximum absolute atomic E-state index is 13.4. The van der Waals surface area contributed by atoms with E-state index in [4.69, 9.17) is 11.6 Å². The standard InChI is InChI=1S/C14H17ClFNO2/c1-17(11-7-2-3-8-12(11)18)14(19)9-5-4-6-10(16)13(9)15/h4-6,11-12,18H,2-3,7-8H2,1H3. The molecule has 0 heterocycles. The molecule has 2 rings (SSSR count). The van der Waals surface area contributed by atoms with Gasteiger partial charge in [0.05, 0.1) is 22.7 Å². The van der Waals surface area contributed by atoms with Gasteiger partial charge in [-0.2, -0.15) is 0 Å². The minimum absolute atomic E-state index is 0.141. The Kier molecular flexibility index (Phi) is 4.42. The highest BCUT2D eigenvalue weighted by atomic mass is 35.5. The molecule has 19 heavy (non-hydrogen) atoms. The molecular weight excluding hydrogens is 269 g/mol. The number of carbonyl (C=O) groups is 1. The number of rotatable bonds is 2. The highest BCUT2D eigenvalue weighted by Gasteiger charge is 2.30. The molecule has 0 radical (unpaired) electrons. The van der Waals surface area contributed by atoms with E-state index in [1.165, 1.54) is 23.1 Å². The Balaban J connectivity index is 2.21. The van der Waals surface area contributed by atoms with Gasteiger partial charge >= 0.3 is 0 Å². The molecule has 2 unspecified atom stereocenters. The van der Waals surface area contributed by atoms with Gasteiger partial charge in [-0.05, 0) is 25.0 Å². The van der Waals surface area contributed by atoms with Gasteiger partial charge in [0.25, 0.3) is 5.91 Å². The van der Waals surface area contributed by atoms with E-state index in [-0.39, 0.29) is 22.5 Å². The van der Waals surface area contributed by atoms with Gasteiger partial charge in [-0.1, -0.05) is 30.5 Å². The molecule has 2 atom stereocenters. The molecule has 1 amide bonds. The van der Waals surface area contributed by atoms with Crippen molar-refractivity contribution >= 4 is 17.5 Å². The lowest BCUT2D eigenvalue weighted by Gasteiger charge is -2.35. The summed E-state index contributed by atoms with van der Waals surface area (Å²) in [6.45, 7) is 0. The first-order valence-corrected chi connectivity index (χ1v) is 6.79. The molecule has 0 spiro atoms. The number of aliphatic hydroxyl groups excluding tert-OH is 1. The normalized spacial score (nSPS) is 23.2. The zero-order valence-electron chi connectivity index (χ0n) is 10.8. The molecule has 1 aliphatic rings. The monoisotopic (exact) mass is 285 g/mol. The van der Waals surface area contributed by atoms with Gasteiger partial charge in [0.1, 0.15) is 5.82 Å². The summed E-state index contributed by atoms with van der Waals surface area (Å²) in [7, 11) is 1.63. The Morgan fingerprint density at radius 3 is 2.79 bits per heavy atom. The lowest BCUT2D eigenvalue weighted by molar-refractivity contribution is 0.0268. The second kappa shape index (κ2) is 5.88. The molecule has 0 aromatic heterocycles. The van der Waals surface area contributed by atoms with Crippen LogP contribution in [0.15, 0.2) is 18.2 Å². The van der Waals surface area contributed by atoms with Gasteiger partial charge in [0.15, 0.2) is 0 Å². The third kappa shape index (κ3) is 2.90. The number of amides is 1. The van der Waals surface area contributed by atoms with E-state index in [9.17, 15) is 14.3 Å². The van der Waals surface area contributed by atoms with Crippen molar-refractivity contribution in [2.45, 2.75) is 37.8 Å². The second-order valence-corrected chi connectivity index (χ2v) is 5.31. The van der Waals surface area contributed by atoms with E-state index in [1.807, 2.05) is 0 Å². The molecule has 1 aromatic carbocycles. The molecule has 5 heteroatoms. The lowest BCUT2D eigenvalue weighted by atomic mass is 9.91. The minimum Gasteiger partial charge on any atom is -0.391 e. The van der Waals surface area contributed by atoms with Crippen LogP contribution in [0.1, 0.15) is 36.0 Å². The number of nitrogens with zero attached hydrogens (tertiary/aromatic N) is 1. The van der Waals surface area contributed by atoms with Crippen LogP contribution in [0, 0.1) is 5.82 Å². The molecule has 0 aliphatic heterocycles. The molecule has 1 saturated carbocycles. The van der Waals surface area contributed by atoms with Crippen LogP contribution in [0.25, 0.3) is 0 Å². The molecule has 1 aliphatic carbocycles. The number of hydrogen-bond donors (Lipinski definition) is 1. The molecule has 3 nitrogen and oxygen atoms in total. The Bertz CT molecular complexity index is 481. The minimum atomic E-state index is -0.606. The topological polar surface area (TPSA) is 40.5 Å². The smallest absolute Gasteiger partial charge is 0.255 e. The third-order valence-corrected chi connectivity index (χ3v) is 4.08. The zero-order valence-corrected chi connectivity index (χ0v) is 11.5. The number of halogens is 2. The van der Waals surface area contributed by atoms with E-state index < -0.39 is 11.9 Å². The van der Waals surface area contributed by atoms with E-state index >= 15 is 0 Å². The summed E-state index contributed by atoms with van der Waals surface area (Å²) in [4.78, 5) is 13.8. The average Bonchev–Trinajstić information content (AvgIpc) is 2.41. The highest BCUT2D eigenvalue weighted by Crippen LogP contribution is 2.26.